The Bertz CT molecular complexity index is 416. The third kappa shape index (κ3) is 1.64. The molecular formula is C9H13N5O2. The van der Waals surface area contributed by atoms with E-state index in [4.69, 9.17) is 5.73 Å². The maximum absolute atomic E-state index is 11.9. The van der Waals surface area contributed by atoms with Crippen molar-refractivity contribution in [3.63, 3.8) is 0 Å². The lowest BCUT2D eigenvalue weighted by Gasteiger charge is -2.20. The molecule has 1 fully saturated rings. The average Bonchev–Trinajstić information content (AvgIpc) is 2.85. The monoisotopic (exact) mass is 223 g/mol. The van der Waals surface area contributed by atoms with E-state index in [1.807, 2.05) is 0 Å². The summed E-state index contributed by atoms with van der Waals surface area (Å²) in [5, 5.41) is 6.11. The molecule has 0 bridgehead atoms. The van der Waals surface area contributed by atoms with Crippen molar-refractivity contribution in [1.29, 1.82) is 0 Å². The minimum absolute atomic E-state index is 0.189. The maximum atomic E-state index is 11.9. The SMILES string of the molecule is CC1(C(N)=O)CCN(C(=O)c2ncn[nH]2)C1. The molecule has 1 aliphatic rings. The van der Waals surface area contributed by atoms with Crippen molar-refractivity contribution < 1.29 is 9.59 Å². The number of hydrogen-bond donors (Lipinski definition) is 2. The molecule has 86 valence electrons. The van der Waals surface area contributed by atoms with E-state index in [0.29, 0.717) is 19.5 Å². The summed E-state index contributed by atoms with van der Waals surface area (Å²) in [7, 11) is 0. The number of likely N-dealkylation sites (tertiary alicyclic amines) is 1. The number of aromatic amines is 1. The lowest BCUT2D eigenvalue weighted by Crippen LogP contribution is -2.38. The lowest BCUT2D eigenvalue weighted by atomic mass is 9.89. The summed E-state index contributed by atoms with van der Waals surface area (Å²) >= 11 is 0. The third-order valence-electron chi connectivity index (χ3n) is 2.97. The first-order valence-electron chi connectivity index (χ1n) is 4.97. The van der Waals surface area contributed by atoms with Gasteiger partial charge < -0.3 is 10.6 Å². The molecule has 0 aromatic carbocycles. The van der Waals surface area contributed by atoms with Gasteiger partial charge in [0.15, 0.2) is 0 Å². The van der Waals surface area contributed by atoms with Crippen LogP contribution in [0.15, 0.2) is 6.33 Å². The number of amides is 2. The van der Waals surface area contributed by atoms with Crippen LogP contribution < -0.4 is 5.73 Å². The molecule has 1 unspecified atom stereocenters. The van der Waals surface area contributed by atoms with Crippen LogP contribution in [0.3, 0.4) is 0 Å². The lowest BCUT2D eigenvalue weighted by molar-refractivity contribution is -0.126. The van der Waals surface area contributed by atoms with E-state index < -0.39 is 5.41 Å². The first-order chi connectivity index (χ1) is 7.53. The van der Waals surface area contributed by atoms with Crippen molar-refractivity contribution in [3.05, 3.63) is 12.2 Å². The van der Waals surface area contributed by atoms with Gasteiger partial charge in [-0.25, -0.2) is 4.98 Å². The second-order valence-corrected chi connectivity index (χ2v) is 4.24. The molecule has 2 amide bonds. The van der Waals surface area contributed by atoms with Gasteiger partial charge in [-0.2, -0.15) is 5.10 Å². The van der Waals surface area contributed by atoms with Gasteiger partial charge in [0, 0.05) is 13.1 Å². The zero-order chi connectivity index (χ0) is 11.8. The van der Waals surface area contributed by atoms with Gasteiger partial charge in [-0.1, -0.05) is 0 Å². The molecule has 1 aliphatic heterocycles. The van der Waals surface area contributed by atoms with Crippen molar-refractivity contribution in [1.82, 2.24) is 20.1 Å². The van der Waals surface area contributed by atoms with E-state index >= 15 is 0 Å². The minimum atomic E-state index is -0.629. The van der Waals surface area contributed by atoms with E-state index in [1.54, 1.807) is 11.8 Å². The summed E-state index contributed by atoms with van der Waals surface area (Å²) in [5.41, 5.74) is 4.67. The number of nitrogens with two attached hydrogens (primary N) is 1. The maximum Gasteiger partial charge on any atom is 0.291 e. The number of carbonyl (C=O) groups is 2. The molecule has 3 N–H and O–H groups in total. The Hall–Kier alpha value is -1.92. The summed E-state index contributed by atoms with van der Waals surface area (Å²) in [4.78, 5) is 28.4. The Morgan fingerprint density at radius 2 is 2.38 bits per heavy atom. The molecular weight excluding hydrogens is 210 g/mol. The van der Waals surface area contributed by atoms with Gasteiger partial charge in [-0.05, 0) is 13.3 Å². The van der Waals surface area contributed by atoms with Gasteiger partial charge in [0.2, 0.25) is 11.7 Å². The molecule has 1 aromatic heterocycles. The summed E-state index contributed by atoms with van der Waals surface area (Å²) in [6.07, 6.45) is 1.86. The van der Waals surface area contributed by atoms with Crippen LogP contribution in [0.4, 0.5) is 0 Å². The number of carbonyl (C=O) groups excluding carboxylic acids is 2. The Morgan fingerprint density at radius 3 is 2.88 bits per heavy atom. The minimum Gasteiger partial charge on any atom is -0.369 e. The second kappa shape index (κ2) is 3.58. The number of H-pyrrole nitrogens is 1. The van der Waals surface area contributed by atoms with Gasteiger partial charge >= 0.3 is 0 Å². The molecule has 16 heavy (non-hydrogen) atoms. The van der Waals surface area contributed by atoms with Gasteiger partial charge in [0.1, 0.15) is 6.33 Å². The molecule has 7 heteroatoms. The van der Waals surface area contributed by atoms with Gasteiger partial charge in [0.05, 0.1) is 5.41 Å². The van der Waals surface area contributed by atoms with Crippen LogP contribution in [0.5, 0.6) is 0 Å². The summed E-state index contributed by atoms with van der Waals surface area (Å²) in [6.45, 7) is 2.61. The number of primary amides is 1. The highest BCUT2D eigenvalue weighted by Crippen LogP contribution is 2.29. The molecule has 1 saturated heterocycles. The highest BCUT2D eigenvalue weighted by molar-refractivity contribution is 5.91. The second-order valence-electron chi connectivity index (χ2n) is 4.24. The van der Waals surface area contributed by atoms with Gasteiger partial charge in [-0.3, -0.25) is 14.7 Å². The van der Waals surface area contributed by atoms with Crippen molar-refractivity contribution in [2.24, 2.45) is 11.1 Å². The zero-order valence-corrected chi connectivity index (χ0v) is 8.93. The van der Waals surface area contributed by atoms with E-state index in [2.05, 4.69) is 15.2 Å². The molecule has 2 heterocycles. The van der Waals surface area contributed by atoms with Gasteiger partial charge in [0.25, 0.3) is 5.91 Å². The van der Waals surface area contributed by atoms with E-state index in [-0.39, 0.29) is 17.6 Å². The van der Waals surface area contributed by atoms with Crippen molar-refractivity contribution in [2.75, 3.05) is 13.1 Å². The van der Waals surface area contributed by atoms with E-state index in [1.165, 1.54) is 6.33 Å². The van der Waals surface area contributed by atoms with E-state index in [0.717, 1.165) is 0 Å². The van der Waals surface area contributed by atoms with Gasteiger partial charge in [-0.15, -0.1) is 0 Å². The van der Waals surface area contributed by atoms with E-state index in [9.17, 15) is 9.59 Å². The third-order valence-corrected chi connectivity index (χ3v) is 2.97. The number of hydrogen-bond acceptors (Lipinski definition) is 4. The van der Waals surface area contributed by atoms with Crippen LogP contribution in [0, 0.1) is 5.41 Å². The quantitative estimate of drug-likeness (QED) is 0.680. The van der Waals surface area contributed by atoms with Crippen LogP contribution in [-0.4, -0.2) is 45.0 Å². The predicted octanol–water partition coefficient (Wildman–Crippen LogP) is -0.858. The molecule has 1 aromatic rings. The topological polar surface area (TPSA) is 105 Å². The van der Waals surface area contributed by atoms with Crippen molar-refractivity contribution >= 4 is 11.8 Å². The van der Waals surface area contributed by atoms with Crippen LogP contribution in [0.25, 0.3) is 0 Å². The molecule has 7 nitrogen and oxygen atoms in total. The molecule has 0 aliphatic carbocycles. The standard InChI is InChI=1S/C9H13N5O2/c1-9(8(10)16)2-3-14(4-9)7(15)6-11-5-12-13-6/h5H,2-4H2,1H3,(H2,10,16)(H,11,12,13). The normalized spacial score (nSPS) is 24.7. The Kier molecular flexibility index (Phi) is 2.37. The van der Waals surface area contributed by atoms with Crippen LogP contribution in [-0.2, 0) is 4.79 Å². The summed E-state index contributed by atoms with van der Waals surface area (Å²) in [6, 6.07) is 0. The molecule has 1 atom stereocenters. The fraction of sp³-hybridized carbons (Fsp3) is 0.556. The zero-order valence-electron chi connectivity index (χ0n) is 8.93. The number of aromatic nitrogens is 3. The Morgan fingerprint density at radius 1 is 1.62 bits per heavy atom. The largest absolute Gasteiger partial charge is 0.369 e. The first kappa shape index (κ1) is 10.6. The predicted molar refractivity (Wildman–Crippen MR) is 54.2 cm³/mol. The summed E-state index contributed by atoms with van der Waals surface area (Å²) < 4.78 is 0. The molecule has 0 radical (unpaired) electrons. The fourth-order valence-electron chi connectivity index (χ4n) is 1.79. The highest BCUT2D eigenvalue weighted by atomic mass is 16.2. The van der Waals surface area contributed by atoms with Crippen molar-refractivity contribution in [2.45, 2.75) is 13.3 Å². The molecule has 0 spiro atoms. The van der Waals surface area contributed by atoms with Crippen LogP contribution in [0.2, 0.25) is 0 Å². The number of nitrogens with zero attached hydrogens (tertiary/aromatic N) is 3. The van der Waals surface area contributed by atoms with Crippen LogP contribution in [0.1, 0.15) is 24.0 Å². The Labute approximate surface area is 92.0 Å². The summed E-state index contributed by atoms with van der Waals surface area (Å²) in [5.74, 6) is -0.434. The average molecular weight is 223 g/mol. The highest BCUT2D eigenvalue weighted by Gasteiger charge is 2.41. The number of rotatable bonds is 2. The number of nitrogens with one attached hydrogen (secondary N) is 1. The van der Waals surface area contributed by atoms with Crippen LogP contribution >= 0.6 is 0 Å². The smallest absolute Gasteiger partial charge is 0.291 e. The first-order valence-corrected chi connectivity index (χ1v) is 4.97. The fourth-order valence-corrected chi connectivity index (χ4v) is 1.79. The Balaban J connectivity index is 2.10. The molecule has 0 saturated carbocycles. The van der Waals surface area contributed by atoms with Crippen molar-refractivity contribution in [3.8, 4) is 0 Å². The molecule has 2 rings (SSSR count).